The average molecular weight is 283 g/mol. The predicted molar refractivity (Wildman–Crippen MR) is 80.2 cm³/mol. The molecule has 0 aromatic carbocycles. The third kappa shape index (κ3) is 3.10. The van der Waals surface area contributed by atoms with Crippen LogP contribution in [0.4, 0.5) is 4.39 Å². The molecule has 2 rings (SSSR count). The molecule has 0 amide bonds. The molecule has 0 aromatic rings. The topological polar surface area (TPSA) is 21.7 Å². The summed E-state index contributed by atoms with van der Waals surface area (Å²) < 4.78 is 26.2. The minimum absolute atomic E-state index is 0.195. The molecule has 2 saturated heterocycles. The van der Waals surface area contributed by atoms with Crippen LogP contribution < -0.4 is 0 Å². The van der Waals surface area contributed by atoms with Crippen LogP contribution in [0, 0.1) is 0 Å². The molecular weight excluding hydrogens is 256 g/mol. The number of likely N-dealkylation sites (tertiary alicyclic amines) is 1. The number of nitrogens with zero attached hydrogens (tertiary/aromatic N) is 1. The lowest BCUT2D eigenvalue weighted by Gasteiger charge is -2.32. The molecule has 0 bridgehead atoms. The highest BCUT2D eigenvalue weighted by molar-refractivity contribution is 6.53. The van der Waals surface area contributed by atoms with Crippen molar-refractivity contribution < 1.29 is 13.7 Å². The van der Waals surface area contributed by atoms with Crippen LogP contribution in [0.1, 0.15) is 53.9 Å². The molecule has 0 aromatic heterocycles. The van der Waals surface area contributed by atoms with E-state index in [9.17, 15) is 4.39 Å². The van der Waals surface area contributed by atoms with Gasteiger partial charge in [-0.1, -0.05) is 6.92 Å². The Morgan fingerprint density at radius 2 is 1.65 bits per heavy atom. The van der Waals surface area contributed by atoms with Gasteiger partial charge in [0.15, 0.2) is 0 Å². The van der Waals surface area contributed by atoms with Crippen molar-refractivity contribution in [3.05, 3.63) is 11.3 Å². The minimum Gasteiger partial charge on any atom is -0.398 e. The number of piperidine rings is 1. The van der Waals surface area contributed by atoms with E-state index in [0.717, 1.165) is 44.5 Å². The quantitative estimate of drug-likeness (QED) is 0.741. The molecule has 0 aliphatic carbocycles. The monoisotopic (exact) mass is 283 g/mol. The van der Waals surface area contributed by atoms with Crippen LogP contribution in [0.5, 0.6) is 0 Å². The van der Waals surface area contributed by atoms with Crippen LogP contribution in [0.15, 0.2) is 11.3 Å². The average Bonchev–Trinajstić information content (AvgIpc) is 2.59. The van der Waals surface area contributed by atoms with E-state index in [2.05, 4.69) is 11.8 Å². The molecule has 114 valence electrons. The lowest BCUT2D eigenvalue weighted by molar-refractivity contribution is 0.00578. The van der Waals surface area contributed by atoms with E-state index in [1.165, 1.54) is 0 Å². The first-order valence-electron chi connectivity index (χ1n) is 7.72. The summed E-state index contributed by atoms with van der Waals surface area (Å²) in [4.78, 5) is 2.39. The van der Waals surface area contributed by atoms with E-state index >= 15 is 0 Å². The van der Waals surface area contributed by atoms with Gasteiger partial charge in [-0.15, -0.1) is 0 Å². The van der Waals surface area contributed by atoms with Gasteiger partial charge in [0.2, 0.25) is 0 Å². The van der Waals surface area contributed by atoms with Crippen LogP contribution in [0.3, 0.4) is 0 Å². The van der Waals surface area contributed by atoms with Crippen molar-refractivity contribution in [1.29, 1.82) is 0 Å². The van der Waals surface area contributed by atoms with Gasteiger partial charge in [-0.05, 0) is 59.1 Å². The summed E-state index contributed by atoms with van der Waals surface area (Å²) in [6.07, 6.45) is 2.73. The van der Waals surface area contributed by atoms with Crippen LogP contribution in [0.25, 0.3) is 0 Å². The normalized spacial score (nSPS) is 26.1. The van der Waals surface area contributed by atoms with Gasteiger partial charge in [0.25, 0.3) is 0 Å². The van der Waals surface area contributed by atoms with Crippen molar-refractivity contribution in [2.45, 2.75) is 65.1 Å². The van der Waals surface area contributed by atoms with Crippen molar-refractivity contribution in [2.75, 3.05) is 19.6 Å². The van der Waals surface area contributed by atoms with Crippen molar-refractivity contribution in [2.24, 2.45) is 0 Å². The molecule has 0 N–H and O–H groups in total. The molecule has 0 atom stereocenters. The lowest BCUT2D eigenvalue weighted by Crippen LogP contribution is -2.41. The number of hydrogen-bond acceptors (Lipinski definition) is 3. The number of rotatable bonds is 3. The second-order valence-electron chi connectivity index (χ2n) is 6.88. The van der Waals surface area contributed by atoms with Gasteiger partial charge in [0, 0.05) is 13.1 Å². The summed E-state index contributed by atoms with van der Waals surface area (Å²) >= 11 is 0. The first-order valence-corrected chi connectivity index (χ1v) is 7.72. The summed E-state index contributed by atoms with van der Waals surface area (Å²) in [5.74, 6) is 0. The SMILES string of the molecule is CCCN1CCC(=C(F)B2OC(C)(C)C(C)(C)O2)CC1. The van der Waals surface area contributed by atoms with E-state index in [4.69, 9.17) is 9.31 Å². The van der Waals surface area contributed by atoms with Gasteiger partial charge < -0.3 is 14.2 Å². The zero-order valence-corrected chi connectivity index (χ0v) is 13.5. The molecule has 0 unspecified atom stereocenters. The second-order valence-corrected chi connectivity index (χ2v) is 6.88. The van der Waals surface area contributed by atoms with Crippen LogP contribution in [0.2, 0.25) is 0 Å². The number of halogens is 1. The largest absolute Gasteiger partial charge is 0.525 e. The lowest BCUT2D eigenvalue weighted by atomic mass is 9.82. The second kappa shape index (κ2) is 5.78. The van der Waals surface area contributed by atoms with E-state index in [-0.39, 0.29) is 5.73 Å². The van der Waals surface area contributed by atoms with Gasteiger partial charge >= 0.3 is 7.12 Å². The van der Waals surface area contributed by atoms with Gasteiger partial charge in [-0.25, -0.2) is 4.39 Å². The maximum absolute atomic E-state index is 14.6. The zero-order valence-electron chi connectivity index (χ0n) is 13.5. The Hall–Kier alpha value is -0.385. The van der Waals surface area contributed by atoms with Crippen LogP contribution in [-0.4, -0.2) is 42.9 Å². The predicted octanol–water partition coefficient (Wildman–Crippen LogP) is 3.35. The first kappa shape index (κ1) is 16.0. The third-order valence-corrected chi connectivity index (χ3v) is 4.80. The maximum atomic E-state index is 14.6. The fraction of sp³-hybridized carbons (Fsp3) is 0.867. The van der Waals surface area contributed by atoms with E-state index in [0.29, 0.717) is 0 Å². The highest BCUT2D eigenvalue weighted by Crippen LogP contribution is 2.40. The van der Waals surface area contributed by atoms with Gasteiger partial charge in [-0.3, -0.25) is 0 Å². The summed E-state index contributed by atoms with van der Waals surface area (Å²) in [5, 5.41) is 0. The van der Waals surface area contributed by atoms with Crippen LogP contribution >= 0.6 is 0 Å². The summed E-state index contributed by atoms with van der Waals surface area (Å²) in [5.41, 5.74) is -0.271. The Kier molecular flexibility index (Phi) is 4.62. The molecule has 0 spiro atoms. The molecule has 2 aliphatic rings. The standard InChI is InChI=1S/C15H27BFNO2/c1-6-9-18-10-7-12(8-11-18)13(17)16-19-14(2,3)15(4,5)20-16/h6-11H2,1-5H3. The van der Waals surface area contributed by atoms with Crippen molar-refractivity contribution in [3.8, 4) is 0 Å². The van der Waals surface area contributed by atoms with E-state index in [1.54, 1.807) is 0 Å². The summed E-state index contributed by atoms with van der Waals surface area (Å²) in [6, 6.07) is 0. The van der Waals surface area contributed by atoms with Gasteiger partial charge in [-0.2, -0.15) is 0 Å². The Balaban J connectivity index is 2.02. The van der Waals surface area contributed by atoms with Crippen molar-refractivity contribution >= 4 is 7.12 Å². The van der Waals surface area contributed by atoms with Crippen molar-refractivity contribution in [3.63, 3.8) is 0 Å². The summed E-state index contributed by atoms with van der Waals surface area (Å²) in [6.45, 7) is 13.0. The number of hydrogen-bond donors (Lipinski definition) is 0. The third-order valence-electron chi connectivity index (χ3n) is 4.80. The zero-order chi connectivity index (χ0) is 15.0. The summed E-state index contributed by atoms with van der Waals surface area (Å²) in [7, 11) is -0.826. The highest BCUT2D eigenvalue weighted by atomic mass is 19.1. The minimum atomic E-state index is -0.826. The van der Waals surface area contributed by atoms with Crippen LogP contribution in [-0.2, 0) is 9.31 Å². The molecule has 0 saturated carbocycles. The smallest absolute Gasteiger partial charge is 0.398 e. The molecule has 20 heavy (non-hydrogen) atoms. The molecule has 0 radical (unpaired) electrons. The molecule has 2 heterocycles. The fourth-order valence-electron chi connectivity index (χ4n) is 2.71. The Morgan fingerprint density at radius 1 is 1.15 bits per heavy atom. The van der Waals surface area contributed by atoms with Gasteiger partial charge in [0.05, 0.1) is 11.2 Å². The van der Waals surface area contributed by atoms with Gasteiger partial charge in [0.1, 0.15) is 5.73 Å². The maximum Gasteiger partial charge on any atom is 0.525 e. The Morgan fingerprint density at radius 3 is 2.10 bits per heavy atom. The molecule has 2 aliphatic heterocycles. The molecule has 2 fully saturated rings. The van der Waals surface area contributed by atoms with E-state index < -0.39 is 18.3 Å². The first-order chi connectivity index (χ1) is 9.27. The Bertz CT molecular complexity index is 369. The Labute approximate surface area is 122 Å². The van der Waals surface area contributed by atoms with Crippen molar-refractivity contribution in [1.82, 2.24) is 4.90 Å². The highest BCUT2D eigenvalue weighted by Gasteiger charge is 2.53. The molecule has 3 nitrogen and oxygen atoms in total. The molecular formula is C15H27BFNO2. The van der Waals surface area contributed by atoms with E-state index in [1.807, 2.05) is 27.7 Å². The molecule has 5 heteroatoms. The fourth-order valence-corrected chi connectivity index (χ4v) is 2.71.